The Balaban J connectivity index is 1.83. The third-order valence-corrected chi connectivity index (χ3v) is 4.18. The zero-order valence-electron chi connectivity index (χ0n) is 10.0. The molecule has 1 heterocycles. The fourth-order valence-corrected chi connectivity index (χ4v) is 3.11. The Morgan fingerprint density at radius 2 is 2.07 bits per heavy atom. The van der Waals surface area contributed by atoms with E-state index < -0.39 is 0 Å². The Morgan fingerprint density at radius 3 is 2.60 bits per heavy atom. The van der Waals surface area contributed by atoms with Gasteiger partial charge in [-0.05, 0) is 52.7 Å². The van der Waals surface area contributed by atoms with Crippen LogP contribution in [0.25, 0.3) is 0 Å². The second-order valence-electron chi connectivity index (χ2n) is 5.28. The summed E-state index contributed by atoms with van der Waals surface area (Å²) in [4.78, 5) is 4.84. The van der Waals surface area contributed by atoms with Gasteiger partial charge in [-0.15, -0.1) is 0 Å². The summed E-state index contributed by atoms with van der Waals surface area (Å²) in [7, 11) is 4.39. The smallest absolute Gasteiger partial charge is 0.0695 e. The van der Waals surface area contributed by atoms with Crippen molar-refractivity contribution in [3.63, 3.8) is 0 Å². The van der Waals surface area contributed by atoms with Crippen LogP contribution in [0.4, 0.5) is 0 Å². The second kappa shape index (κ2) is 4.81. The van der Waals surface area contributed by atoms with E-state index in [1.165, 1.54) is 32.2 Å². The van der Waals surface area contributed by atoms with Crippen LogP contribution in [0, 0.1) is 0 Å². The van der Waals surface area contributed by atoms with Gasteiger partial charge in [0.05, 0.1) is 6.10 Å². The molecule has 1 aliphatic heterocycles. The first-order valence-corrected chi connectivity index (χ1v) is 6.27. The second-order valence-corrected chi connectivity index (χ2v) is 5.28. The molecule has 0 aromatic heterocycles. The molecule has 0 spiro atoms. The maximum absolute atomic E-state index is 9.84. The lowest BCUT2D eigenvalue weighted by Crippen LogP contribution is -2.44. The van der Waals surface area contributed by atoms with E-state index in [2.05, 4.69) is 23.9 Å². The zero-order valence-corrected chi connectivity index (χ0v) is 10.0. The van der Waals surface area contributed by atoms with Gasteiger partial charge in [-0.2, -0.15) is 0 Å². The Kier molecular flexibility index (Phi) is 3.65. The summed E-state index contributed by atoms with van der Waals surface area (Å²) in [6.07, 6.45) is 5.94. The lowest BCUT2D eigenvalue weighted by atomic mass is 10.1. The van der Waals surface area contributed by atoms with Crippen LogP contribution in [-0.2, 0) is 0 Å². The number of hydrogen-bond donors (Lipinski definition) is 1. The molecule has 2 fully saturated rings. The van der Waals surface area contributed by atoms with E-state index in [-0.39, 0.29) is 6.10 Å². The molecule has 3 atom stereocenters. The molecule has 2 aliphatic rings. The Labute approximate surface area is 93.1 Å². The van der Waals surface area contributed by atoms with Crippen LogP contribution in [-0.4, -0.2) is 60.3 Å². The highest BCUT2D eigenvalue weighted by Crippen LogP contribution is 2.25. The third kappa shape index (κ3) is 2.52. The average molecular weight is 212 g/mol. The molecule has 2 rings (SSSR count). The highest BCUT2D eigenvalue weighted by molar-refractivity contribution is 4.87. The van der Waals surface area contributed by atoms with Crippen molar-refractivity contribution in [2.45, 2.75) is 50.3 Å². The summed E-state index contributed by atoms with van der Waals surface area (Å²) in [6.45, 7) is 2.37. The molecule has 0 amide bonds. The molecule has 1 N–H and O–H groups in total. The summed E-state index contributed by atoms with van der Waals surface area (Å²) in [5, 5.41) is 9.84. The molecule has 3 nitrogen and oxygen atoms in total. The van der Waals surface area contributed by atoms with Crippen molar-refractivity contribution in [1.82, 2.24) is 9.80 Å². The summed E-state index contributed by atoms with van der Waals surface area (Å²) in [5.41, 5.74) is 0. The predicted molar refractivity (Wildman–Crippen MR) is 61.9 cm³/mol. The van der Waals surface area contributed by atoms with Crippen LogP contribution in [0.1, 0.15) is 32.1 Å². The van der Waals surface area contributed by atoms with Crippen molar-refractivity contribution >= 4 is 0 Å². The van der Waals surface area contributed by atoms with Crippen LogP contribution < -0.4 is 0 Å². The largest absolute Gasteiger partial charge is 0.391 e. The molecule has 1 unspecified atom stereocenters. The van der Waals surface area contributed by atoms with Crippen LogP contribution in [0.3, 0.4) is 0 Å². The normalized spacial score (nSPS) is 38.0. The third-order valence-electron chi connectivity index (χ3n) is 4.18. The van der Waals surface area contributed by atoms with E-state index in [1.807, 2.05) is 0 Å². The minimum Gasteiger partial charge on any atom is -0.391 e. The maximum Gasteiger partial charge on any atom is 0.0695 e. The summed E-state index contributed by atoms with van der Waals surface area (Å²) < 4.78 is 0. The molecule has 0 radical (unpaired) electrons. The monoisotopic (exact) mass is 212 g/mol. The quantitative estimate of drug-likeness (QED) is 0.754. The Bertz CT molecular complexity index is 210. The van der Waals surface area contributed by atoms with Crippen LogP contribution in [0.5, 0.6) is 0 Å². The topological polar surface area (TPSA) is 26.7 Å². The summed E-state index contributed by atoms with van der Waals surface area (Å²) in [5.74, 6) is 0. The van der Waals surface area contributed by atoms with Crippen molar-refractivity contribution in [2.24, 2.45) is 0 Å². The van der Waals surface area contributed by atoms with E-state index in [9.17, 15) is 5.11 Å². The minimum atomic E-state index is -0.0818. The molecule has 88 valence electrons. The summed E-state index contributed by atoms with van der Waals surface area (Å²) in [6, 6.07) is 1.13. The van der Waals surface area contributed by atoms with Gasteiger partial charge in [0.25, 0.3) is 0 Å². The number of nitrogens with zero attached hydrogens (tertiary/aromatic N) is 2. The molecular weight excluding hydrogens is 188 g/mol. The first-order chi connectivity index (χ1) is 7.18. The number of likely N-dealkylation sites (tertiary alicyclic amines) is 1. The van der Waals surface area contributed by atoms with Crippen LogP contribution in [0.15, 0.2) is 0 Å². The maximum atomic E-state index is 9.84. The SMILES string of the molecule is CN1CCCC1CN(C)[C@@H]1CCC[C@H]1O. The van der Waals surface area contributed by atoms with Crippen molar-refractivity contribution < 1.29 is 5.11 Å². The van der Waals surface area contributed by atoms with Gasteiger partial charge in [0.15, 0.2) is 0 Å². The Morgan fingerprint density at radius 1 is 1.27 bits per heavy atom. The first-order valence-electron chi connectivity index (χ1n) is 6.27. The first kappa shape index (κ1) is 11.4. The van der Waals surface area contributed by atoms with E-state index in [0.717, 1.165) is 13.0 Å². The molecule has 0 bridgehead atoms. The molecule has 15 heavy (non-hydrogen) atoms. The number of likely N-dealkylation sites (N-methyl/N-ethyl adjacent to an activating group) is 2. The van der Waals surface area contributed by atoms with Gasteiger partial charge in [0.2, 0.25) is 0 Å². The molecule has 1 saturated carbocycles. The van der Waals surface area contributed by atoms with Crippen LogP contribution in [0.2, 0.25) is 0 Å². The van der Waals surface area contributed by atoms with Crippen molar-refractivity contribution in [3.8, 4) is 0 Å². The van der Waals surface area contributed by atoms with Gasteiger partial charge in [0, 0.05) is 18.6 Å². The lowest BCUT2D eigenvalue weighted by molar-refractivity contribution is 0.0732. The van der Waals surface area contributed by atoms with Gasteiger partial charge in [-0.1, -0.05) is 0 Å². The van der Waals surface area contributed by atoms with Crippen molar-refractivity contribution in [3.05, 3.63) is 0 Å². The summed E-state index contributed by atoms with van der Waals surface area (Å²) >= 11 is 0. The average Bonchev–Trinajstić information content (AvgIpc) is 2.76. The van der Waals surface area contributed by atoms with Crippen molar-refractivity contribution in [2.75, 3.05) is 27.2 Å². The highest BCUT2D eigenvalue weighted by Gasteiger charge is 2.31. The lowest BCUT2D eigenvalue weighted by Gasteiger charge is -2.31. The van der Waals surface area contributed by atoms with E-state index in [4.69, 9.17) is 0 Å². The fraction of sp³-hybridized carbons (Fsp3) is 1.00. The number of aliphatic hydroxyl groups excluding tert-OH is 1. The standard InChI is InChI=1S/C12H24N2O/c1-13-8-4-5-10(13)9-14(2)11-6-3-7-12(11)15/h10-12,15H,3-9H2,1-2H3/t10?,11-,12-/m1/s1. The minimum absolute atomic E-state index is 0.0818. The van der Waals surface area contributed by atoms with Gasteiger partial charge < -0.3 is 10.0 Å². The molecule has 1 aliphatic carbocycles. The van der Waals surface area contributed by atoms with E-state index in [1.54, 1.807) is 0 Å². The molecule has 1 saturated heterocycles. The van der Waals surface area contributed by atoms with Gasteiger partial charge in [-0.25, -0.2) is 0 Å². The van der Waals surface area contributed by atoms with Crippen LogP contribution >= 0.6 is 0 Å². The highest BCUT2D eigenvalue weighted by atomic mass is 16.3. The van der Waals surface area contributed by atoms with E-state index in [0.29, 0.717) is 12.1 Å². The molecule has 3 heteroatoms. The fourth-order valence-electron chi connectivity index (χ4n) is 3.11. The number of rotatable bonds is 3. The zero-order chi connectivity index (χ0) is 10.8. The van der Waals surface area contributed by atoms with Gasteiger partial charge >= 0.3 is 0 Å². The van der Waals surface area contributed by atoms with E-state index >= 15 is 0 Å². The predicted octanol–water partition coefficient (Wildman–Crippen LogP) is 0.926. The molecular formula is C12H24N2O. The Hall–Kier alpha value is -0.120. The molecule has 0 aromatic carbocycles. The molecule has 0 aromatic rings. The van der Waals surface area contributed by atoms with Gasteiger partial charge in [-0.3, -0.25) is 4.90 Å². The van der Waals surface area contributed by atoms with Gasteiger partial charge in [0.1, 0.15) is 0 Å². The van der Waals surface area contributed by atoms with Crippen molar-refractivity contribution in [1.29, 1.82) is 0 Å². The number of hydrogen-bond acceptors (Lipinski definition) is 3. The number of aliphatic hydroxyl groups is 1.